The minimum Gasteiger partial charge on any atom is -0.258 e. The summed E-state index contributed by atoms with van der Waals surface area (Å²) >= 11 is 0. The minimum absolute atomic E-state index is 0.0907. The van der Waals surface area contributed by atoms with Gasteiger partial charge in [0.25, 0.3) is 11.4 Å². The predicted molar refractivity (Wildman–Crippen MR) is 104 cm³/mol. The van der Waals surface area contributed by atoms with Gasteiger partial charge < -0.3 is 0 Å². The van der Waals surface area contributed by atoms with Gasteiger partial charge in [-0.3, -0.25) is 20.2 Å². The smallest absolute Gasteiger partial charge is 0.258 e. The molecule has 0 bridgehead atoms. The number of nitro benzene ring substituents is 2. The molecule has 0 radical (unpaired) electrons. The topological polar surface area (TPSA) is 86.3 Å². The Labute approximate surface area is 162 Å². The maximum Gasteiger partial charge on any atom is 0.269 e. The molecule has 2 aromatic carbocycles. The van der Waals surface area contributed by atoms with Gasteiger partial charge in [0, 0.05) is 35.1 Å². The van der Waals surface area contributed by atoms with Crippen molar-refractivity contribution in [2.75, 3.05) is 0 Å². The molecule has 3 aliphatic carbocycles. The lowest BCUT2D eigenvalue weighted by molar-refractivity contribution is -0.385. The third-order valence-corrected chi connectivity index (χ3v) is 7.78. The van der Waals surface area contributed by atoms with Crippen LogP contribution in [0.1, 0.15) is 31.4 Å². The first-order valence-corrected chi connectivity index (χ1v) is 9.46. The van der Waals surface area contributed by atoms with Crippen molar-refractivity contribution >= 4 is 11.4 Å². The highest BCUT2D eigenvalue weighted by Gasteiger charge is 2.95. The summed E-state index contributed by atoms with van der Waals surface area (Å²) < 4.78 is 0. The molecule has 4 atom stereocenters. The maximum absolute atomic E-state index is 11.4. The van der Waals surface area contributed by atoms with Crippen molar-refractivity contribution in [1.29, 1.82) is 0 Å². The van der Waals surface area contributed by atoms with Gasteiger partial charge in [0.1, 0.15) is 0 Å². The number of hydrogen-bond acceptors (Lipinski definition) is 4. The quantitative estimate of drug-likeness (QED) is 0.430. The van der Waals surface area contributed by atoms with Crippen LogP contribution in [0.5, 0.6) is 0 Å². The van der Waals surface area contributed by atoms with Crippen molar-refractivity contribution in [3.8, 4) is 0 Å². The number of allylic oxidation sites excluding steroid dienone is 2. The summed E-state index contributed by atoms with van der Waals surface area (Å²) in [5.74, 6) is 0.660. The van der Waals surface area contributed by atoms with Gasteiger partial charge in [-0.1, -0.05) is 50.3 Å². The molecular weight excluding hydrogens is 356 g/mol. The van der Waals surface area contributed by atoms with Gasteiger partial charge in [-0.15, -0.1) is 0 Å². The van der Waals surface area contributed by atoms with E-state index in [0.717, 1.165) is 17.5 Å². The number of non-ortho nitro benzene ring substituents is 2. The van der Waals surface area contributed by atoms with E-state index in [1.165, 1.54) is 12.1 Å². The van der Waals surface area contributed by atoms with E-state index in [9.17, 15) is 20.2 Å². The molecule has 6 heteroatoms. The van der Waals surface area contributed by atoms with Crippen LogP contribution in [0.15, 0.2) is 60.7 Å². The summed E-state index contributed by atoms with van der Waals surface area (Å²) in [6.07, 6.45) is 5.37. The Morgan fingerprint density at radius 1 is 0.893 bits per heavy atom. The Kier molecular flexibility index (Phi) is 3.10. The van der Waals surface area contributed by atoms with Crippen LogP contribution in [0.3, 0.4) is 0 Å². The summed E-state index contributed by atoms with van der Waals surface area (Å²) in [6.45, 7) is 4.41. The highest BCUT2D eigenvalue weighted by molar-refractivity contribution is 5.67. The molecule has 0 N–H and O–H groups in total. The van der Waals surface area contributed by atoms with Gasteiger partial charge >= 0.3 is 0 Å². The van der Waals surface area contributed by atoms with Gasteiger partial charge in [0.2, 0.25) is 0 Å². The molecule has 6 nitrogen and oxygen atoms in total. The standard InChI is InChI=1S/C22H20N2O4/c1-20(2)21(14-6-3-8-16(12-14)23(25)26)18-10-5-11-19(18)22(20,21)15-7-4-9-17(13-15)24(27)28/h3-10,12-13,18-19H,11H2,1-2H3/t18-,19+,21-,22+/m1/s1. The van der Waals surface area contributed by atoms with Crippen LogP contribution in [-0.4, -0.2) is 9.85 Å². The van der Waals surface area contributed by atoms with E-state index in [1.807, 2.05) is 12.1 Å². The fourth-order valence-electron chi connectivity index (χ4n) is 7.14. The van der Waals surface area contributed by atoms with Crippen LogP contribution in [0.2, 0.25) is 0 Å². The average molecular weight is 376 g/mol. The van der Waals surface area contributed by atoms with Crippen molar-refractivity contribution < 1.29 is 9.85 Å². The zero-order chi connectivity index (χ0) is 19.9. The molecular formula is C22H20N2O4. The molecule has 0 spiro atoms. The van der Waals surface area contributed by atoms with Crippen LogP contribution in [0.4, 0.5) is 11.4 Å². The molecule has 28 heavy (non-hydrogen) atoms. The number of nitro groups is 2. The van der Waals surface area contributed by atoms with Gasteiger partial charge in [-0.2, -0.15) is 0 Å². The molecule has 0 aromatic heterocycles. The SMILES string of the molecule is CC1(C)[C@]2(c3cccc([N+](=O)[O-])c3)[C@H]3CC=C[C@H]3[C@]12c1cccc([N+](=O)[O-])c1. The first-order chi connectivity index (χ1) is 13.3. The van der Waals surface area contributed by atoms with Crippen molar-refractivity contribution in [2.45, 2.75) is 31.1 Å². The highest BCUT2D eigenvalue weighted by Crippen LogP contribution is 2.94. The van der Waals surface area contributed by atoms with Crippen molar-refractivity contribution in [1.82, 2.24) is 0 Å². The lowest BCUT2D eigenvalue weighted by Crippen LogP contribution is -2.49. The largest absolute Gasteiger partial charge is 0.269 e. The van der Waals surface area contributed by atoms with Crippen LogP contribution < -0.4 is 0 Å². The molecule has 0 heterocycles. The lowest BCUT2D eigenvalue weighted by Gasteiger charge is -2.48. The molecule has 0 unspecified atom stereocenters. The number of hydrogen-bond donors (Lipinski definition) is 0. The van der Waals surface area contributed by atoms with Crippen LogP contribution in [0, 0.1) is 37.5 Å². The Bertz CT molecular complexity index is 1080. The zero-order valence-corrected chi connectivity index (χ0v) is 15.7. The predicted octanol–water partition coefficient (Wildman–Crippen LogP) is 4.92. The summed E-state index contributed by atoms with van der Waals surface area (Å²) in [6, 6.07) is 13.9. The van der Waals surface area contributed by atoms with Gasteiger partial charge in [-0.25, -0.2) is 0 Å². The number of rotatable bonds is 4. The van der Waals surface area contributed by atoms with Crippen LogP contribution >= 0.6 is 0 Å². The van der Waals surface area contributed by atoms with E-state index in [-0.39, 0.29) is 37.5 Å². The van der Waals surface area contributed by atoms with E-state index >= 15 is 0 Å². The number of benzene rings is 2. The molecule has 3 aliphatic rings. The molecule has 2 fully saturated rings. The summed E-state index contributed by atoms with van der Waals surface area (Å²) in [4.78, 5) is 22.0. The molecule has 2 aromatic rings. The Balaban J connectivity index is 1.74. The van der Waals surface area contributed by atoms with Crippen molar-refractivity contribution in [3.63, 3.8) is 0 Å². The molecule has 142 valence electrons. The monoisotopic (exact) mass is 376 g/mol. The minimum atomic E-state index is -0.356. The van der Waals surface area contributed by atoms with Crippen LogP contribution in [-0.2, 0) is 10.8 Å². The normalized spacial score (nSPS) is 33.5. The third-order valence-electron chi connectivity index (χ3n) is 7.78. The molecule has 5 rings (SSSR count). The second-order valence-corrected chi connectivity index (χ2v) is 8.65. The van der Waals surface area contributed by atoms with E-state index in [1.54, 1.807) is 24.3 Å². The van der Waals surface area contributed by atoms with Crippen LogP contribution in [0.25, 0.3) is 0 Å². The molecule has 2 saturated carbocycles. The van der Waals surface area contributed by atoms with Gasteiger partial charge in [0.15, 0.2) is 0 Å². The van der Waals surface area contributed by atoms with E-state index in [4.69, 9.17) is 0 Å². The first kappa shape index (κ1) is 17.1. The van der Waals surface area contributed by atoms with Gasteiger partial charge in [0.05, 0.1) is 9.85 Å². The third kappa shape index (κ3) is 1.57. The summed E-state index contributed by atoms with van der Waals surface area (Å²) in [5.41, 5.74) is 1.43. The first-order valence-electron chi connectivity index (χ1n) is 9.46. The Hall–Kier alpha value is -3.02. The fraction of sp³-hybridized carbons (Fsp3) is 0.364. The number of fused-ring (bicyclic) bond motifs is 4. The van der Waals surface area contributed by atoms with E-state index < -0.39 is 0 Å². The van der Waals surface area contributed by atoms with Gasteiger partial charge in [-0.05, 0) is 34.8 Å². The molecule has 0 aliphatic heterocycles. The lowest BCUT2D eigenvalue weighted by atomic mass is 9.54. The molecule has 0 saturated heterocycles. The second-order valence-electron chi connectivity index (χ2n) is 8.65. The van der Waals surface area contributed by atoms with E-state index in [0.29, 0.717) is 11.8 Å². The summed E-state index contributed by atoms with van der Waals surface area (Å²) in [5, 5.41) is 22.8. The second kappa shape index (κ2) is 5.07. The Morgan fingerprint density at radius 3 is 1.96 bits per heavy atom. The fourth-order valence-corrected chi connectivity index (χ4v) is 7.14. The van der Waals surface area contributed by atoms with Crippen molar-refractivity contribution in [3.05, 3.63) is 92.0 Å². The average Bonchev–Trinajstić information content (AvgIpc) is 2.89. The van der Waals surface area contributed by atoms with E-state index in [2.05, 4.69) is 26.0 Å². The summed E-state index contributed by atoms with van der Waals surface area (Å²) in [7, 11) is 0. The molecule has 0 amide bonds. The number of nitrogens with zero attached hydrogens (tertiary/aromatic N) is 2. The highest BCUT2D eigenvalue weighted by atomic mass is 16.6. The van der Waals surface area contributed by atoms with Crippen molar-refractivity contribution in [2.24, 2.45) is 17.3 Å². The Morgan fingerprint density at radius 2 is 1.43 bits per heavy atom. The maximum atomic E-state index is 11.4. The zero-order valence-electron chi connectivity index (χ0n) is 15.7.